The predicted molar refractivity (Wildman–Crippen MR) is 157 cm³/mol. The topological polar surface area (TPSA) is 88.1 Å². The summed E-state index contributed by atoms with van der Waals surface area (Å²) < 4.78 is 26.2. The quantitative estimate of drug-likeness (QED) is 0.337. The van der Waals surface area contributed by atoms with Crippen LogP contribution < -0.4 is 14.8 Å². The highest BCUT2D eigenvalue weighted by atomic mass is 32.2. The summed E-state index contributed by atoms with van der Waals surface area (Å²) in [6.45, 7) is 7.19. The number of rotatable bonds is 10. The molecule has 1 fully saturated rings. The minimum absolute atomic E-state index is 0.0799. The van der Waals surface area contributed by atoms with E-state index >= 15 is 0 Å². The van der Waals surface area contributed by atoms with Gasteiger partial charge in [0.2, 0.25) is 0 Å². The Kier molecular flexibility index (Phi) is 7.86. The van der Waals surface area contributed by atoms with Crippen molar-refractivity contribution < 1.29 is 23.6 Å². The van der Waals surface area contributed by atoms with Crippen molar-refractivity contribution in [2.75, 3.05) is 37.4 Å². The van der Waals surface area contributed by atoms with Crippen molar-refractivity contribution in [3.63, 3.8) is 0 Å². The first-order valence-corrected chi connectivity index (χ1v) is 15.2. The first kappa shape index (κ1) is 27.1. The number of carboxylic acid groups (broad SMARTS) is 1. The van der Waals surface area contributed by atoms with E-state index in [0.717, 1.165) is 58.0 Å². The third-order valence-corrected chi connectivity index (χ3v) is 9.72. The Labute approximate surface area is 230 Å². The number of fused-ring (bicyclic) bond motifs is 1. The number of ether oxygens (including phenoxy) is 2. The Morgan fingerprint density at radius 2 is 1.97 bits per heavy atom. The zero-order valence-corrected chi connectivity index (χ0v) is 23.4. The Bertz CT molecular complexity index is 1460. The number of carbonyl (C=O) groups is 1. The molecule has 2 aliphatic rings. The lowest BCUT2D eigenvalue weighted by Gasteiger charge is -2.19. The number of aliphatic carboxylic acids is 1. The Hall–Kier alpha value is -3.49. The van der Waals surface area contributed by atoms with Gasteiger partial charge in [-0.3, -0.25) is 9.00 Å². The van der Waals surface area contributed by atoms with E-state index in [2.05, 4.69) is 61.4 Å². The molecule has 8 heteroatoms. The van der Waals surface area contributed by atoms with Gasteiger partial charge >= 0.3 is 5.97 Å². The fraction of sp³-hybridized carbons (Fsp3) is 0.355. The van der Waals surface area contributed by atoms with Crippen LogP contribution in [0.1, 0.15) is 41.0 Å². The lowest BCUT2D eigenvalue weighted by atomic mass is 9.94. The third-order valence-electron chi connectivity index (χ3n) is 7.48. The second-order valence-corrected chi connectivity index (χ2v) is 12.9. The molecule has 3 aromatic carbocycles. The number of nitrogens with one attached hydrogen (secondary N) is 1. The summed E-state index contributed by atoms with van der Waals surface area (Å²) in [5.41, 5.74) is 7.68. The van der Waals surface area contributed by atoms with Crippen LogP contribution in [0.15, 0.2) is 54.6 Å². The monoisotopic (exact) mass is 548 g/mol. The smallest absolute Gasteiger partial charge is 0.304 e. The zero-order valence-electron chi connectivity index (χ0n) is 22.6. The molecule has 3 aromatic rings. The summed E-state index contributed by atoms with van der Waals surface area (Å²) >= 11 is 0. The van der Waals surface area contributed by atoms with Crippen LogP contribution in [0.3, 0.4) is 0 Å². The fourth-order valence-corrected chi connectivity index (χ4v) is 7.28. The van der Waals surface area contributed by atoms with Gasteiger partial charge < -0.3 is 19.9 Å². The zero-order chi connectivity index (χ0) is 27.6. The van der Waals surface area contributed by atoms with E-state index in [-0.39, 0.29) is 12.3 Å². The van der Waals surface area contributed by atoms with Gasteiger partial charge in [-0.05, 0) is 78.2 Å². The molecule has 206 valence electrons. The second-order valence-electron chi connectivity index (χ2n) is 10.5. The fourth-order valence-electron chi connectivity index (χ4n) is 5.58. The van der Waals surface area contributed by atoms with E-state index in [1.807, 2.05) is 22.5 Å². The number of carboxylic acids is 1. The summed E-state index contributed by atoms with van der Waals surface area (Å²) in [4.78, 5) is 11.1. The van der Waals surface area contributed by atoms with Crippen LogP contribution >= 0.6 is 0 Å². The Balaban J connectivity index is 1.23. The van der Waals surface area contributed by atoms with E-state index < -0.39 is 15.7 Å². The van der Waals surface area contributed by atoms with Crippen LogP contribution in [0.25, 0.3) is 11.1 Å². The molecule has 0 radical (unpaired) electrons. The van der Waals surface area contributed by atoms with Gasteiger partial charge in [0.1, 0.15) is 18.1 Å². The molecule has 0 spiro atoms. The highest BCUT2D eigenvalue weighted by molar-refractivity contribution is 7.98. The normalized spacial score (nSPS) is 20.4. The van der Waals surface area contributed by atoms with Crippen LogP contribution in [0.4, 0.5) is 5.69 Å². The Morgan fingerprint density at radius 3 is 2.69 bits per heavy atom. The van der Waals surface area contributed by atoms with Crippen LogP contribution in [-0.4, -0.2) is 57.5 Å². The summed E-state index contributed by atoms with van der Waals surface area (Å²) in [7, 11) is -2.11. The maximum atomic E-state index is 12.4. The van der Waals surface area contributed by atoms with Crippen molar-refractivity contribution in [1.82, 2.24) is 4.31 Å². The number of anilines is 1. The summed E-state index contributed by atoms with van der Waals surface area (Å²) in [5, 5.41) is 12.6. The van der Waals surface area contributed by atoms with E-state index in [9.17, 15) is 9.00 Å². The van der Waals surface area contributed by atoms with Gasteiger partial charge in [0, 0.05) is 58.3 Å². The number of benzene rings is 3. The molecular formula is C31H36N2O5S. The molecule has 0 amide bonds. The highest BCUT2D eigenvalue weighted by Gasteiger charge is 2.26. The molecule has 1 saturated heterocycles. The summed E-state index contributed by atoms with van der Waals surface area (Å²) in [6.07, 6.45) is 1.01. The lowest BCUT2D eigenvalue weighted by Crippen LogP contribution is -2.30. The maximum absolute atomic E-state index is 12.4. The van der Waals surface area contributed by atoms with Crippen LogP contribution in [0.2, 0.25) is 0 Å². The van der Waals surface area contributed by atoms with Crippen molar-refractivity contribution in [3.8, 4) is 22.6 Å². The van der Waals surface area contributed by atoms with Crippen molar-refractivity contribution >= 4 is 27.2 Å². The molecule has 0 aromatic heterocycles. The van der Waals surface area contributed by atoms with Crippen molar-refractivity contribution in [2.45, 2.75) is 39.2 Å². The van der Waals surface area contributed by atoms with Crippen LogP contribution in [0.5, 0.6) is 11.5 Å². The van der Waals surface area contributed by atoms with E-state index in [1.165, 1.54) is 5.56 Å². The van der Waals surface area contributed by atoms with Gasteiger partial charge in [-0.15, -0.1) is 0 Å². The van der Waals surface area contributed by atoms with E-state index in [1.54, 1.807) is 0 Å². The summed E-state index contributed by atoms with van der Waals surface area (Å²) in [6, 6.07) is 18.5. The molecule has 0 bridgehead atoms. The van der Waals surface area contributed by atoms with Crippen LogP contribution in [0, 0.1) is 13.8 Å². The second kappa shape index (κ2) is 11.3. The molecule has 2 unspecified atom stereocenters. The maximum Gasteiger partial charge on any atom is 0.304 e. The average molecular weight is 549 g/mol. The molecule has 0 aliphatic carbocycles. The molecule has 2 atom stereocenters. The molecular weight excluding hydrogens is 512 g/mol. The van der Waals surface area contributed by atoms with Gasteiger partial charge in [0.15, 0.2) is 0 Å². The number of hydrogen-bond donors (Lipinski definition) is 2. The largest absolute Gasteiger partial charge is 0.493 e. The van der Waals surface area contributed by atoms with Crippen molar-refractivity contribution in [3.05, 3.63) is 76.9 Å². The molecule has 2 heterocycles. The van der Waals surface area contributed by atoms with Crippen molar-refractivity contribution in [2.24, 2.45) is 0 Å². The third kappa shape index (κ3) is 6.23. The highest BCUT2D eigenvalue weighted by Crippen LogP contribution is 2.38. The van der Waals surface area contributed by atoms with E-state index in [4.69, 9.17) is 14.6 Å². The van der Waals surface area contributed by atoms with Gasteiger partial charge in [-0.2, -0.15) is 0 Å². The van der Waals surface area contributed by atoms with Gasteiger partial charge in [0.25, 0.3) is 0 Å². The minimum Gasteiger partial charge on any atom is -0.493 e. The molecule has 2 N–H and O–H groups in total. The SMILES string of the molecule is C=S1(=O)CCCN1CCOc1cc(C)c(-c2cccc(CNc3ccc4c(c3)OCC4CC(=O)O)c2)c(C)c1. The molecule has 7 nitrogen and oxygen atoms in total. The summed E-state index contributed by atoms with van der Waals surface area (Å²) in [5.74, 6) is 5.23. The number of nitrogens with zero attached hydrogens (tertiary/aromatic N) is 1. The minimum atomic E-state index is -2.11. The average Bonchev–Trinajstić information content (AvgIpc) is 3.43. The predicted octanol–water partition coefficient (Wildman–Crippen LogP) is 5.25. The molecule has 0 saturated carbocycles. The number of hydrogen-bond acceptors (Lipinski definition) is 5. The number of aryl methyl sites for hydroxylation is 2. The first-order chi connectivity index (χ1) is 18.7. The van der Waals surface area contributed by atoms with E-state index in [0.29, 0.717) is 32.1 Å². The van der Waals surface area contributed by atoms with Crippen LogP contribution in [-0.2, 0) is 21.0 Å². The molecule has 5 rings (SSSR count). The van der Waals surface area contributed by atoms with Gasteiger partial charge in [0.05, 0.1) is 13.0 Å². The van der Waals surface area contributed by atoms with Gasteiger partial charge in [-0.25, -0.2) is 4.31 Å². The molecule has 39 heavy (non-hydrogen) atoms. The standard InChI is InChI=1S/C31H36N2O5S/c1-21-14-27(37-12-11-33-10-5-13-39(33,3)36)15-22(2)31(21)24-7-4-6-23(16-24)19-32-26-8-9-28-25(17-30(34)35)20-38-29(28)18-26/h4,6-9,14-16,18,25,32H,3,5,10-13,17,19-20H2,1-2H3,(H,34,35). The lowest BCUT2D eigenvalue weighted by molar-refractivity contribution is -0.137. The van der Waals surface area contributed by atoms with Gasteiger partial charge in [-0.1, -0.05) is 24.3 Å². The van der Waals surface area contributed by atoms with Crippen molar-refractivity contribution in [1.29, 1.82) is 0 Å². The Morgan fingerprint density at radius 1 is 1.18 bits per heavy atom. The molecule has 2 aliphatic heterocycles. The first-order valence-electron chi connectivity index (χ1n) is 13.4.